The normalized spacial score (nSPS) is 17.5. The Morgan fingerprint density at radius 1 is 1.31 bits per heavy atom. The van der Waals surface area contributed by atoms with E-state index in [-0.39, 0.29) is 12.1 Å². The van der Waals surface area contributed by atoms with Crippen LogP contribution in [0.5, 0.6) is 0 Å². The van der Waals surface area contributed by atoms with Crippen molar-refractivity contribution in [3.05, 3.63) is 65.5 Å². The number of hydrogen-bond acceptors (Lipinski definition) is 4. The van der Waals surface area contributed by atoms with E-state index >= 15 is 0 Å². The van der Waals surface area contributed by atoms with Crippen molar-refractivity contribution in [2.24, 2.45) is 0 Å². The molecule has 1 saturated heterocycles. The number of urea groups is 1. The first-order valence-corrected chi connectivity index (χ1v) is 8.77. The standard InChI is InChI=1S/C20H23N5O/c1-16-12-22-8-7-18(16)13-23-20(26)25-10-9-24(19(11-21)15-25)14-17-5-3-2-4-6-17/h2-8,12,19H,9-10,13-15H2,1H3,(H,23,26)/t19-/m0/s1. The Bertz CT molecular complexity index is 786. The maximum Gasteiger partial charge on any atom is 0.317 e. The summed E-state index contributed by atoms with van der Waals surface area (Å²) < 4.78 is 0. The quantitative estimate of drug-likeness (QED) is 0.919. The minimum Gasteiger partial charge on any atom is -0.334 e. The molecule has 2 aromatic rings. The average molecular weight is 349 g/mol. The fourth-order valence-corrected chi connectivity index (χ4v) is 3.12. The van der Waals surface area contributed by atoms with E-state index in [0.717, 1.165) is 17.7 Å². The minimum absolute atomic E-state index is 0.124. The molecule has 1 aliphatic rings. The zero-order valence-electron chi connectivity index (χ0n) is 14.9. The van der Waals surface area contributed by atoms with E-state index in [1.807, 2.05) is 31.2 Å². The van der Waals surface area contributed by atoms with Gasteiger partial charge in [0.05, 0.1) is 12.6 Å². The van der Waals surface area contributed by atoms with Crippen molar-refractivity contribution < 1.29 is 4.79 Å². The monoisotopic (exact) mass is 349 g/mol. The van der Waals surface area contributed by atoms with E-state index in [4.69, 9.17) is 0 Å². The van der Waals surface area contributed by atoms with Crippen LogP contribution in [-0.2, 0) is 13.1 Å². The number of carbonyl (C=O) groups excluding carboxylic acids is 1. The van der Waals surface area contributed by atoms with Crippen LogP contribution >= 0.6 is 0 Å². The lowest BCUT2D eigenvalue weighted by Gasteiger charge is -2.38. The molecule has 0 saturated carbocycles. The lowest BCUT2D eigenvalue weighted by atomic mass is 10.1. The summed E-state index contributed by atoms with van der Waals surface area (Å²) in [5.74, 6) is 0. The topological polar surface area (TPSA) is 72.3 Å². The SMILES string of the molecule is Cc1cnccc1CNC(=O)N1CCN(Cc2ccccc2)[C@@H](C#N)C1. The van der Waals surface area contributed by atoms with E-state index in [0.29, 0.717) is 26.2 Å². The van der Waals surface area contributed by atoms with Gasteiger partial charge in [-0.25, -0.2) is 4.79 Å². The van der Waals surface area contributed by atoms with Crippen molar-refractivity contribution in [2.75, 3.05) is 19.6 Å². The van der Waals surface area contributed by atoms with Crippen LogP contribution in [0.1, 0.15) is 16.7 Å². The number of rotatable bonds is 4. The Labute approximate surface area is 154 Å². The van der Waals surface area contributed by atoms with Crippen molar-refractivity contribution in [1.82, 2.24) is 20.1 Å². The van der Waals surface area contributed by atoms with Crippen LogP contribution in [0, 0.1) is 18.3 Å². The second kappa shape index (κ2) is 8.45. The number of aromatic nitrogens is 1. The molecule has 3 rings (SSSR count). The highest BCUT2D eigenvalue weighted by molar-refractivity contribution is 5.74. The fraction of sp³-hybridized carbons (Fsp3) is 0.350. The van der Waals surface area contributed by atoms with Crippen molar-refractivity contribution in [3.63, 3.8) is 0 Å². The molecule has 134 valence electrons. The van der Waals surface area contributed by atoms with Crippen LogP contribution in [0.3, 0.4) is 0 Å². The first-order valence-electron chi connectivity index (χ1n) is 8.77. The number of nitrogens with zero attached hydrogens (tertiary/aromatic N) is 4. The summed E-state index contributed by atoms with van der Waals surface area (Å²) in [5, 5.41) is 12.5. The third-order valence-corrected chi connectivity index (χ3v) is 4.72. The van der Waals surface area contributed by atoms with Crippen LogP contribution in [0.2, 0.25) is 0 Å². The molecule has 2 heterocycles. The van der Waals surface area contributed by atoms with Crippen LogP contribution < -0.4 is 5.32 Å². The smallest absolute Gasteiger partial charge is 0.317 e. The predicted octanol–water partition coefficient (Wildman–Crippen LogP) is 2.31. The van der Waals surface area contributed by atoms with Crippen molar-refractivity contribution in [1.29, 1.82) is 5.26 Å². The van der Waals surface area contributed by atoms with E-state index in [2.05, 4.69) is 33.4 Å². The van der Waals surface area contributed by atoms with Gasteiger partial charge in [0.25, 0.3) is 0 Å². The molecule has 1 aromatic heterocycles. The predicted molar refractivity (Wildman–Crippen MR) is 99.0 cm³/mol. The fourth-order valence-electron chi connectivity index (χ4n) is 3.12. The van der Waals surface area contributed by atoms with Gasteiger partial charge in [-0.3, -0.25) is 9.88 Å². The number of pyridine rings is 1. The number of hydrogen-bond donors (Lipinski definition) is 1. The maximum atomic E-state index is 12.5. The van der Waals surface area contributed by atoms with E-state index in [1.54, 1.807) is 17.3 Å². The average Bonchev–Trinajstić information content (AvgIpc) is 2.68. The van der Waals surface area contributed by atoms with Crippen LogP contribution in [0.4, 0.5) is 4.79 Å². The Morgan fingerprint density at radius 3 is 2.85 bits per heavy atom. The first kappa shape index (κ1) is 17.9. The van der Waals surface area contributed by atoms with Gasteiger partial charge in [-0.15, -0.1) is 0 Å². The summed E-state index contributed by atoms with van der Waals surface area (Å²) >= 11 is 0. The van der Waals surface area contributed by atoms with Crippen molar-refractivity contribution >= 4 is 6.03 Å². The van der Waals surface area contributed by atoms with Gasteiger partial charge >= 0.3 is 6.03 Å². The summed E-state index contributed by atoms with van der Waals surface area (Å²) in [6, 6.07) is 13.9. The number of nitriles is 1. The largest absolute Gasteiger partial charge is 0.334 e. The third-order valence-electron chi connectivity index (χ3n) is 4.72. The number of piperazine rings is 1. The second-order valence-corrected chi connectivity index (χ2v) is 6.51. The third kappa shape index (κ3) is 4.38. The molecular formula is C20H23N5O. The maximum absolute atomic E-state index is 12.5. The number of benzene rings is 1. The summed E-state index contributed by atoms with van der Waals surface area (Å²) in [4.78, 5) is 20.4. The molecule has 1 atom stereocenters. The molecule has 1 aliphatic heterocycles. The number of aryl methyl sites for hydroxylation is 1. The van der Waals surface area contributed by atoms with E-state index in [1.165, 1.54) is 5.56 Å². The molecule has 0 unspecified atom stereocenters. The number of carbonyl (C=O) groups is 1. The first-order chi connectivity index (χ1) is 12.7. The van der Waals surface area contributed by atoms with Crippen molar-refractivity contribution in [2.45, 2.75) is 26.1 Å². The summed E-state index contributed by atoms with van der Waals surface area (Å²) in [5.41, 5.74) is 3.28. The molecule has 1 aromatic carbocycles. The lowest BCUT2D eigenvalue weighted by Crippen LogP contribution is -2.55. The molecule has 0 radical (unpaired) electrons. The van der Waals surface area contributed by atoms with Gasteiger partial charge in [0, 0.05) is 38.6 Å². The van der Waals surface area contributed by atoms with Gasteiger partial charge in [-0.2, -0.15) is 5.26 Å². The number of amides is 2. The van der Waals surface area contributed by atoms with Gasteiger partial charge < -0.3 is 10.2 Å². The lowest BCUT2D eigenvalue weighted by molar-refractivity contribution is 0.108. The molecule has 6 nitrogen and oxygen atoms in total. The zero-order valence-corrected chi connectivity index (χ0v) is 14.9. The van der Waals surface area contributed by atoms with Crippen LogP contribution in [0.15, 0.2) is 48.8 Å². The highest BCUT2D eigenvalue weighted by atomic mass is 16.2. The van der Waals surface area contributed by atoms with Crippen LogP contribution in [-0.4, -0.2) is 46.5 Å². The minimum atomic E-state index is -0.294. The molecular weight excluding hydrogens is 326 g/mol. The highest BCUT2D eigenvalue weighted by Gasteiger charge is 2.29. The molecule has 1 fully saturated rings. The van der Waals surface area contributed by atoms with E-state index in [9.17, 15) is 10.1 Å². The molecule has 1 N–H and O–H groups in total. The molecule has 2 amide bonds. The van der Waals surface area contributed by atoms with E-state index < -0.39 is 0 Å². The Balaban J connectivity index is 1.55. The number of nitrogens with one attached hydrogen (secondary N) is 1. The zero-order chi connectivity index (χ0) is 18.4. The van der Waals surface area contributed by atoms with Gasteiger partial charge in [-0.1, -0.05) is 30.3 Å². The van der Waals surface area contributed by atoms with Gasteiger partial charge in [0.15, 0.2) is 0 Å². The Hall–Kier alpha value is -2.91. The second-order valence-electron chi connectivity index (χ2n) is 6.51. The molecule has 0 aliphatic carbocycles. The Kier molecular flexibility index (Phi) is 5.82. The van der Waals surface area contributed by atoms with Crippen LogP contribution in [0.25, 0.3) is 0 Å². The summed E-state index contributed by atoms with van der Waals surface area (Å²) in [6.07, 6.45) is 3.51. The summed E-state index contributed by atoms with van der Waals surface area (Å²) in [7, 11) is 0. The highest BCUT2D eigenvalue weighted by Crippen LogP contribution is 2.14. The van der Waals surface area contributed by atoms with Gasteiger partial charge in [0.1, 0.15) is 6.04 Å². The van der Waals surface area contributed by atoms with Gasteiger partial charge in [-0.05, 0) is 29.7 Å². The Morgan fingerprint density at radius 2 is 2.12 bits per heavy atom. The molecule has 0 spiro atoms. The molecule has 6 heteroatoms. The van der Waals surface area contributed by atoms with Gasteiger partial charge in [0.2, 0.25) is 0 Å². The summed E-state index contributed by atoms with van der Waals surface area (Å²) in [6.45, 7) is 4.90. The van der Waals surface area contributed by atoms with Crippen molar-refractivity contribution in [3.8, 4) is 6.07 Å². The molecule has 0 bridgehead atoms. The molecule has 26 heavy (non-hydrogen) atoms.